The lowest BCUT2D eigenvalue weighted by molar-refractivity contribution is 0.00384. The molecule has 5 nitrogen and oxygen atoms in total. The van der Waals surface area contributed by atoms with Crippen LogP contribution in [0.25, 0.3) is 0 Å². The third kappa shape index (κ3) is 4.12. The average Bonchev–Trinajstić information content (AvgIpc) is 2.36. The van der Waals surface area contributed by atoms with E-state index in [4.69, 9.17) is 5.11 Å². The zero-order valence-electron chi connectivity index (χ0n) is 10.5. The summed E-state index contributed by atoms with van der Waals surface area (Å²) in [5.74, 6) is 0. The highest BCUT2D eigenvalue weighted by atomic mass is 32.2. The number of nitrogens with zero attached hydrogens (tertiary/aromatic N) is 1. The normalized spacial score (nSPS) is 13.8. The Morgan fingerprint density at radius 2 is 1.79 bits per heavy atom. The zero-order valence-corrected chi connectivity index (χ0v) is 11.4. The average molecular weight is 294 g/mol. The van der Waals surface area contributed by atoms with Gasteiger partial charge in [0.25, 0.3) is 6.43 Å². The van der Waals surface area contributed by atoms with Crippen LogP contribution in [0.2, 0.25) is 0 Å². The van der Waals surface area contributed by atoms with Gasteiger partial charge in [-0.25, -0.2) is 21.5 Å². The maximum Gasteiger partial charge on any atom is 0.265 e. The smallest absolute Gasteiger partial charge is 0.265 e. The van der Waals surface area contributed by atoms with Crippen molar-refractivity contribution in [2.45, 2.75) is 17.4 Å². The lowest BCUT2D eigenvalue weighted by Gasteiger charge is -2.13. The van der Waals surface area contributed by atoms with Crippen molar-refractivity contribution in [1.82, 2.24) is 4.31 Å². The van der Waals surface area contributed by atoms with Crippen LogP contribution in [0.3, 0.4) is 0 Å². The van der Waals surface area contributed by atoms with Crippen LogP contribution in [0.15, 0.2) is 29.2 Å². The van der Waals surface area contributed by atoms with Crippen LogP contribution in [0.1, 0.15) is 0 Å². The van der Waals surface area contributed by atoms with Crippen molar-refractivity contribution in [3.63, 3.8) is 0 Å². The van der Waals surface area contributed by atoms with E-state index >= 15 is 0 Å². The van der Waals surface area contributed by atoms with Crippen molar-refractivity contribution in [1.29, 1.82) is 0 Å². The van der Waals surface area contributed by atoms with Crippen molar-refractivity contribution in [2.24, 2.45) is 0 Å². The molecule has 2 N–H and O–H groups in total. The van der Waals surface area contributed by atoms with Gasteiger partial charge in [0.05, 0.1) is 4.90 Å². The number of aliphatic hydroxyl groups excluding tert-OH is 1. The summed E-state index contributed by atoms with van der Waals surface area (Å²) in [6.45, 7) is -0.308. The second-order valence-corrected chi connectivity index (χ2v) is 6.25. The highest BCUT2D eigenvalue weighted by Crippen LogP contribution is 2.16. The minimum Gasteiger partial charge on any atom is -0.385 e. The van der Waals surface area contributed by atoms with Crippen LogP contribution >= 0.6 is 0 Å². The van der Waals surface area contributed by atoms with Crippen molar-refractivity contribution < 1.29 is 22.3 Å². The number of rotatable bonds is 6. The van der Waals surface area contributed by atoms with E-state index in [1.54, 1.807) is 0 Å². The fourth-order valence-corrected chi connectivity index (χ4v) is 2.17. The fourth-order valence-electron chi connectivity index (χ4n) is 1.27. The van der Waals surface area contributed by atoms with E-state index < -0.39 is 22.6 Å². The number of aliphatic hydroxyl groups is 1. The molecule has 0 spiro atoms. The molecule has 19 heavy (non-hydrogen) atoms. The van der Waals surface area contributed by atoms with Gasteiger partial charge in [-0.1, -0.05) is 0 Å². The Morgan fingerprint density at radius 3 is 2.21 bits per heavy atom. The molecule has 1 unspecified atom stereocenters. The number of anilines is 1. The first-order valence-corrected chi connectivity index (χ1v) is 6.92. The molecule has 0 aliphatic rings. The number of nitrogens with one attached hydrogen (secondary N) is 1. The molecule has 8 heteroatoms. The van der Waals surface area contributed by atoms with Crippen molar-refractivity contribution >= 4 is 15.7 Å². The SMILES string of the molecule is CN(C)S(=O)(=O)c1ccc(NCC(O)C(F)F)cc1. The quantitative estimate of drug-likeness (QED) is 0.820. The van der Waals surface area contributed by atoms with Gasteiger partial charge in [0.2, 0.25) is 10.0 Å². The van der Waals surface area contributed by atoms with Gasteiger partial charge in [0.15, 0.2) is 0 Å². The van der Waals surface area contributed by atoms with Crippen molar-refractivity contribution in [2.75, 3.05) is 26.0 Å². The van der Waals surface area contributed by atoms with E-state index in [2.05, 4.69) is 5.32 Å². The van der Waals surface area contributed by atoms with Crippen LogP contribution in [-0.2, 0) is 10.0 Å². The van der Waals surface area contributed by atoms with Gasteiger partial charge in [-0.15, -0.1) is 0 Å². The highest BCUT2D eigenvalue weighted by Gasteiger charge is 2.18. The van der Waals surface area contributed by atoms with Crippen LogP contribution in [-0.4, -0.2) is 51.0 Å². The van der Waals surface area contributed by atoms with Crippen molar-refractivity contribution in [3.8, 4) is 0 Å². The highest BCUT2D eigenvalue weighted by molar-refractivity contribution is 7.89. The number of sulfonamides is 1. The summed E-state index contributed by atoms with van der Waals surface area (Å²) in [5.41, 5.74) is 0.456. The van der Waals surface area contributed by atoms with Gasteiger partial charge in [0.1, 0.15) is 6.10 Å². The molecule has 0 heterocycles. The van der Waals surface area contributed by atoms with Gasteiger partial charge in [-0.05, 0) is 24.3 Å². The lowest BCUT2D eigenvalue weighted by Crippen LogP contribution is -2.26. The van der Waals surface area contributed by atoms with E-state index in [-0.39, 0.29) is 11.4 Å². The predicted molar refractivity (Wildman–Crippen MR) is 67.8 cm³/mol. The summed E-state index contributed by atoms with van der Waals surface area (Å²) in [5, 5.41) is 11.5. The second kappa shape index (κ2) is 6.27. The number of alkyl halides is 2. The number of halogens is 2. The molecule has 0 fully saturated rings. The minimum absolute atomic E-state index is 0.109. The third-order valence-corrected chi connectivity index (χ3v) is 4.27. The molecule has 0 radical (unpaired) electrons. The van der Waals surface area contributed by atoms with Gasteiger partial charge in [0, 0.05) is 26.3 Å². The molecule has 0 aliphatic carbocycles. The Bertz CT molecular complexity index is 503. The maximum atomic E-state index is 12.1. The van der Waals surface area contributed by atoms with E-state index in [0.717, 1.165) is 4.31 Å². The number of hydrogen-bond acceptors (Lipinski definition) is 4. The number of benzene rings is 1. The molecular formula is C11H16F2N2O3S. The Kier molecular flexibility index (Phi) is 5.21. The molecule has 0 saturated heterocycles. The van der Waals surface area contributed by atoms with Crippen LogP contribution in [0.4, 0.5) is 14.5 Å². The van der Waals surface area contributed by atoms with E-state index in [1.807, 2.05) is 0 Å². The lowest BCUT2D eigenvalue weighted by atomic mass is 10.3. The van der Waals surface area contributed by atoms with Gasteiger partial charge >= 0.3 is 0 Å². The van der Waals surface area contributed by atoms with Gasteiger partial charge in [-0.3, -0.25) is 0 Å². The summed E-state index contributed by atoms with van der Waals surface area (Å²) in [4.78, 5) is 0.109. The van der Waals surface area contributed by atoms with Gasteiger partial charge < -0.3 is 10.4 Å². The Labute approximate surface area is 110 Å². The first kappa shape index (κ1) is 15.8. The summed E-state index contributed by atoms with van der Waals surface area (Å²) in [6, 6.07) is 5.64. The minimum atomic E-state index is -3.50. The van der Waals surface area contributed by atoms with E-state index in [9.17, 15) is 17.2 Å². The molecule has 0 aliphatic heterocycles. The topological polar surface area (TPSA) is 69.6 Å². The molecule has 1 aromatic carbocycles. The molecule has 0 bridgehead atoms. The molecule has 1 rings (SSSR count). The largest absolute Gasteiger partial charge is 0.385 e. The Hall–Kier alpha value is -1.25. The molecule has 0 aromatic heterocycles. The van der Waals surface area contributed by atoms with Crippen LogP contribution < -0.4 is 5.32 Å². The first-order valence-electron chi connectivity index (χ1n) is 5.48. The summed E-state index contributed by atoms with van der Waals surface area (Å²) < 4.78 is 48.7. The van der Waals surface area contributed by atoms with Crippen LogP contribution in [0, 0.1) is 0 Å². The summed E-state index contributed by atoms with van der Waals surface area (Å²) in [6.07, 6.45) is -4.58. The maximum absolute atomic E-state index is 12.1. The standard InChI is InChI=1S/C11H16F2N2O3S/c1-15(2)19(17,18)9-5-3-8(4-6-9)14-7-10(16)11(12)13/h3-6,10-11,14,16H,7H2,1-2H3. The Morgan fingerprint density at radius 1 is 1.26 bits per heavy atom. The fraction of sp³-hybridized carbons (Fsp3) is 0.455. The molecule has 0 saturated carbocycles. The van der Waals surface area contributed by atoms with E-state index in [1.165, 1.54) is 38.4 Å². The summed E-state index contributed by atoms with van der Waals surface area (Å²) >= 11 is 0. The van der Waals surface area contributed by atoms with E-state index in [0.29, 0.717) is 5.69 Å². The predicted octanol–water partition coefficient (Wildman–Crippen LogP) is 0.975. The third-order valence-electron chi connectivity index (χ3n) is 2.44. The first-order chi connectivity index (χ1) is 8.75. The molecular weight excluding hydrogens is 278 g/mol. The van der Waals surface area contributed by atoms with Crippen molar-refractivity contribution in [3.05, 3.63) is 24.3 Å². The Balaban J connectivity index is 2.73. The zero-order chi connectivity index (χ0) is 14.6. The van der Waals surface area contributed by atoms with Gasteiger partial charge in [-0.2, -0.15) is 0 Å². The molecule has 108 valence electrons. The monoisotopic (exact) mass is 294 g/mol. The number of hydrogen-bond donors (Lipinski definition) is 2. The molecule has 0 amide bonds. The summed E-state index contributed by atoms with van der Waals surface area (Å²) in [7, 11) is -0.668. The molecule has 1 atom stereocenters. The second-order valence-electron chi connectivity index (χ2n) is 4.09. The molecule has 1 aromatic rings. The van der Waals surface area contributed by atoms with Crippen LogP contribution in [0.5, 0.6) is 0 Å².